The van der Waals surface area contributed by atoms with Crippen LogP contribution in [0.5, 0.6) is 0 Å². The van der Waals surface area contributed by atoms with E-state index in [1.165, 1.54) is 37.7 Å². The molecular formula is C14H21B. The lowest BCUT2D eigenvalue weighted by molar-refractivity contribution is 0.541. The number of unbranched alkanes of at least 4 members (excludes halogenated alkanes) is 1. The molecule has 1 heteroatoms. The van der Waals surface area contributed by atoms with Gasteiger partial charge >= 0.3 is 0 Å². The molecular weight excluding hydrogens is 179 g/mol. The number of hydrogen-bond donors (Lipinski definition) is 0. The van der Waals surface area contributed by atoms with Gasteiger partial charge in [0.25, 0.3) is 0 Å². The molecule has 0 aromatic heterocycles. The van der Waals surface area contributed by atoms with Crippen LogP contribution >= 0.6 is 0 Å². The first-order valence-corrected chi connectivity index (χ1v) is 6.13. The molecule has 0 spiro atoms. The first-order valence-electron chi connectivity index (χ1n) is 6.13. The fourth-order valence-corrected chi connectivity index (χ4v) is 2.09. The Morgan fingerprint density at radius 3 is 2.53 bits per heavy atom. The van der Waals surface area contributed by atoms with Gasteiger partial charge in [-0.3, -0.25) is 0 Å². The van der Waals surface area contributed by atoms with Gasteiger partial charge in [0.15, 0.2) is 0 Å². The summed E-state index contributed by atoms with van der Waals surface area (Å²) in [6.45, 7) is 4.51. The van der Waals surface area contributed by atoms with E-state index in [1.807, 2.05) is 6.07 Å². The molecule has 0 heterocycles. The summed E-state index contributed by atoms with van der Waals surface area (Å²) in [4.78, 5) is 0. The van der Waals surface area contributed by atoms with Crippen LogP contribution in [0.1, 0.15) is 57.4 Å². The Morgan fingerprint density at radius 1 is 1.13 bits per heavy atom. The predicted molar refractivity (Wildman–Crippen MR) is 69.0 cm³/mol. The summed E-state index contributed by atoms with van der Waals surface area (Å²) >= 11 is 0. The van der Waals surface area contributed by atoms with Gasteiger partial charge in [-0.15, -0.1) is 0 Å². The standard InChI is InChI=1S/C14H21B/c1-3-5-8-12(7-4-2)13-9-6-10-14(15)11-13/h6,9-12H,3-5,7-8H2,1-2H3. The average Bonchev–Trinajstić information content (AvgIpc) is 2.24. The van der Waals surface area contributed by atoms with Crippen LogP contribution in [0.2, 0.25) is 0 Å². The largest absolute Gasteiger partial charge is 0.113 e. The average molecular weight is 200 g/mol. The van der Waals surface area contributed by atoms with Gasteiger partial charge in [-0.2, -0.15) is 0 Å². The molecule has 0 amide bonds. The molecule has 0 bridgehead atoms. The fourth-order valence-electron chi connectivity index (χ4n) is 2.09. The maximum atomic E-state index is 5.82. The molecule has 1 rings (SSSR count). The molecule has 1 unspecified atom stereocenters. The smallest absolute Gasteiger partial charge is 0.0964 e. The molecule has 0 N–H and O–H groups in total. The summed E-state index contributed by atoms with van der Waals surface area (Å²) in [5, 5.41) is 0. The third-order valence-corrected chi connectivity index (χ3v) is 2.93. The summed E-state index contributed by atoms with van der Waals surface area (Å²) < 4.78 is 0. The Balaban J connectivity index is 2.69. The van der Waals surface area contributed by atoms with Crippen LogP contribution in [0.25, 0.3) is 0 Å². The predicted octanol–water partition coefficient (Wildman–Crippen LogP) is 3.55. The molecule has 80 valence electrons. The van der Waals surface area contributed by atoms with Gasteiger partial charge < -0.3 is 0 Å². The number of hydrogen-bond acceptors (Lipinski definition) is 0. The molecule has 0 aliphatic carbocycles. The Kier molecular flexibility index (Phi) is 5.53. The molecule has 0 nitrogen and oxygen atoms in total. The van der Waals surface area contributed by atoms with Crippen molar-refractivity contribution in [1.82, 2.24) is 0 Å². The fraction of sp³-hybridized carbons (Fsp3) is 0.571. The second kappa shape index (κ2) is 6.71. The summed E-state index contributed by atoms with van der Waals surface area (Å²) in [6, 6.07) is 8.38. The first-order chi connectivity index (χ1) is 7.27. The highest BCUT2D eigenvalue weighted by Crippen LogP contribution is 2.26. The molecule has 1 atom stereocenters. The van der Waals surface area contributed by atoms with Gasteiger partial charge in [-0.25, -0.2) is 0 Å². The Labute approximate surface area is 95.5 Å². The summed E-state index contributed by atoms with van der Waals surface area (Å²) in [5.74, 6) is 0.707. The molecule has 2 radical (unpaired) electrons. The normalized spacial score (nSPS) is 12.7. The van der Waals surface area contributed by atoms with Crippen molar-refractivity contribution in [3.63, 3.8) is 0 Å². The van der Waals surface area contributed by atoms with E-state index < -0.39 is 0 Å². The lowest BCUT2D eigenvalue weighted by Crippen LogP contribution is -2.06. The molecule has 0 saturated heterocycles. The first kappa shape index (κ1) is 12.4. The minimum atomic E-state index is 0.707. The van der Waals surface area contributed by atoms with Crippen molar-refractivity contribution in [3.05, 3.63) is 29.8 Å². The van der Waals surface area contributed by atoms with Crippen molar-refractivity contribution < 1.29 is 0 Å². The zero-order chi connectivity index (χ0) is 11.1. The Bertz CT molecular complexity index is 280. The maximum Gasteiger partial charge on any atom is 0.113 e. The van der Waals surface area contributed by atoms with Crippen LogP contribution in [0.4, 0.5) is 0 Å². The van der Waals surface area contributed by atoms with E-state index >= 15 is 0 Å². The van der Waals surface area contributed by atoms with Gasteiger partial charge in [-0.05, 0) is 24.3 Å². The van der Waals surface area contributed by atoms with Crippen LogP contribution < -0.4 is 5.46 Å². The van der Waals surface area contributed by atoms with Crippen molar-refractivity contribution in [2.24, 2.45) is 0 Å². The van der Waals surface area contributed by atoms with Crippen molar-refractivity contribution in [2.45, 2.75) is 51.9 Å². The third-order valence-electron chi connectivity index (χ3n) is 2.93. The SMILES string of the molecule is [B]c1cccc(C(CCC)CCCC)c1. The van der Waals surface area contributed by atoms with Crippen LogP contribution in [0.3, 0.4) is 0 Å². The molecule has 1 aromatic rings. The highest BCUT2D eigenvalue weighted by Gasteiger charge is 2.09. The van der Waals surface area contributed by atoms with E-state index in [0.717, 1.165) is 5.46 Å². The van der Waals surface area contributed by atoms with E-state index in [9.17, 15) is 0 Å². The van der Waals surface area contributed by atoms with Gasteiger partial charge in [-0.1, -0.05) is 62.8 Å². The number of benzene rings is 1. The maximum absolute atomic E-state index is 5.82. The van der Waals surface area contributed by atoms with Crippen LogP contribution in [0, 0.1) is 0 Å². The second-order valence-corrected chi connectivity index (χ2v) is 4.30. The number of rotatable bonds is 6. The monoisotopic (exact) mass is 200 g/mol. The highest BCUT2D eigenvalue weighted by molar-refractivity contribution is 6.32. The van der Waals surface area contributed by atoms with Gasteiger partial charge in [0.2, 0.25) is 0 Å². The molecule has 0 saturated carbocycles. The van der Waals surface area contributed by atoms with Crippen LogP contribution in [-0.4, -0.2) is 7.85 Å². The van der Waals surface area contributed by atoms with Crippen LogP contribution in [0.15, 0.2) is 24.3 Å². The summed E-state index contributed by atoms with van der Waals surface area (Å²) in [7, 11) is 5.82. The highest BCUT2D eigenvalue weighted by atomic mass is 14.1. The molecule has 1 aromatic carbocycles. The quantitative estimate of drug-likeness (QED) is 0.616. The van der Waals surface area contributed by atoms with E-state index in [-0.39, 0.29) is 0 Å². The molecule has 0 aliphatic heterocycles. The van der Waals surface area contributed by atoms with Crippen molar-refractivity contribution in [1.29, 1.82) is 0 Å². The second-order valence-electron chi connectivity index (χ2n) is 4.30. The van der Waals surface area contributed by atoms with E-state index in [4.69, 9.17) is 7.85 Å². The molecule has 0 fully saturated rings. The van der Waals surface area contributed by atoms with Crippen molar-refractivity contribution >= 4 is 13.3 Å². The molecule has 15 heavy (non-hydrogen) atoms. The zero-order valence-corrected chi connectivity index (χ0v) is 10.00. The molecule has 0 aliphatic rings. The third kappa shape index (κ3) is 4.11. The van der Waals surface area contributed by atoms with E-state index in [1.54, 1.807) is 0 Å². The zero-order valence-electron chi connectivity index (χ0n) is 10.00. The van der Waals surface area contributed by atoms with Crippen molar-refractivity contribution in [3.8, 4) is 0 Å². The topological polar surface area (TPSA) is 0 Å². The van der Waals surface area contributed by atoms with Gasteiger partial charge in [0, 0.05) is 0 Å². The lowest BCUT2D eigenvalue weighted by Gasteiger charge is -2.16. The minimum Gasteiger partial charge on any atom is -0.0964 e. The Hall–Kier alpha value is -0.715. The van der Waals surface area contributed by atoms with E-state index in [0.29, 0.717) is 5.92 Å². The Morgan fingerprint density at radius 2 is 1.93 bits per heavy atom. The van der Waals surface area contributed by atoms with Crippen LogP contribution in [-0.2, 0) is 0 Å². The van der Waals surface area contributed by atoms with Crippen molar-refractivity contribution in [2.75, 3.05) is 0 Å². The summed E-state index contributed by atoms with van der Waals surface area (Å²) in [6.07, 6.45) is 6.43. The lowest BCUT2D eigenvalue weighted by atomic mass is 9.85. The minimum absolute atomic E-state index is 0.707. The van der Waals surface area contributed by atoms with Gasteiger partial charge in [0.05, 0.1) is 0 Å². The van der Waals surface area contributed by atoms with E-state index in [2.05, 4.69) is 32.0 Å². The van der Waals surface area contributed by atoms with Gasteiger partial charge in [0.1, 0.15) is 7.85 Å². The summed E-state index contributed by atoms with van der Waals surface area (Å²) in [5.41, 5.74) is 2.32.